The van der Waals surface area contributed by atoms with Crippen LogP contribution in [0.1, 0.15) is 4.88 Å². The summed E-state index contributed by atoms with van der Waals surface area (Å²) >= 11 is 1.52. The van der Waals surface area contributed by atoms with E-state index in [-0.39, 0.29) is 0 Å². The first-order valence-corrected chi connectivity index (χ1v) is 4.05. The van der Waals surface area contributed by atoms with Crippen molar-refractivity contribution in [3.8, 4) is 0 Å². The maximum atomic E-state index is 4.07. The lowest BCUT2D eigenvalue weighted by molar-refractivity contribution is 0.694. The Labute approximate surface area is 68.3 Å². The van der Waals surface area contributed by atoms with Gasteiger partial charge < -0.3 is 0 Å². The fourth-order valence-corrected chi connectivity index (χ4v) is 1.36. The van der Waals surface area contributed by atoms with Crippen molar-refractivity contribution in [1.82, 2.24) is 14.8 Å². The van der Waals surface area contributed by atoms with Crippen LogP contribution < -0.4 is 0 Å². The van der Waals surface area contributed by atoms with Gasteiger partial charge in [-0.2, -0.15) is 5.10 Å². The summed E-state index contributed by atoms with van der Waals surface area (Å²) in [5, 5.41) is 4.07. The van der Waals surface area contributed by atoms with E-state index in [0.717, 1.165) is 6.54 Å². The summed E-state index contributed by atoms with van der Waals surface area (Å²) in [6.45, 7) is 0.800. The highest BCUT2D eigenvalue weighted by atomic mass is 32.1. The molecule has 0 bridgehead atoms. The molecule has 3 nitrogen and oxygen atoms in total. The van der Waals surface area contributed by atoms with Crippen LogP contribution in [0, 0.1) is 5.51 Å². The van der Waals surface area contributed by atoms with Gasteiger partial charge in [-0.3, -0.25) is 4.68 Å². The molecule has 2 heterocycles. The standard InChI is InChI=1S/C7H6N3S/c1-2-9-10(3-1)5-7-4-8-6-11-7/h1-4H,5H2. The van der Waals surface area contributed by atoms with E-state index in [1.165, 1.54) is 16.2 Å². The monoisotopic (exact) mass is 164 g/mol. The fraction of sp³-hybridized carbons (Fsp3) is 0.143. The summed E-state index contributed by atoms with van der Waals surface area (Å²) in [6.07, 6.45) is 5.51. The van der Waals surface area contributed by atoms with Gasteiger partial charge in [0.1, 0.15) is 0 Å². The topological polar surface area (TPSA) is 30.7 Å². The number of hydrogen-bond donors (Lipinski definition) is 0. The molecule has 0 saturated carbocycles. The molecule has 0 fully saturated rings. The third-order valence-corrected chi connectivity index (χ3v) is 2.01. The molecule has 0 aliphatic heterocycles. The van der Waals surface area contributed by atoms with Gasteiger partial charge in [-0.1, -0.05) is 0 Å². The molecular formula is C7H6N3S. The van der Waals surface area contributed by atoms with Crippen LogP contribution in [0.2, 0.25) is 0 Å². The maximum Gasteiger partial charge on any atom is 0.152 e. The minimum atomic E-state index is 0.800. The van der Waals surface area contributed by atoms with Crippen molar-refractivity contribution < 1.29 is 0 Å². The Bertz CT molecular complexity index is 266. The Kier molecular flexibility index (Phi) is 1.69. The summed E-state index contributed by atoms with van der Waals surface area (Å²) in [7, 11) is 0. The van der Waals surface area contributed by atoms with Gasteiger partial charge in [-0.05, 0) is 6.07 Å². The van der Waals surface area contributed by atoms with Gasteiger partial charge in [-0.15, -0.1) is 11.3 Å². The minimum absolute atomic E-state index is 0.800. The van der Waals surface area contributed by atoms with Crippen LogP contribution in [0.5, 0.6) is 0 Å². The molecule has 1 radical (unpaired) electrons. The summed E-state index contributed by atoms with van der Waals surface area (Å²) in [5.74, 6) is 0. The van der Waals surface area contributed by atoms with Gasteiger partial charge >= 0.3 is 0 Å². The summed E-state index contributed by atoms with van der Waals surface area (Å²) in [5.41, 5.74) is 2.79. The maximum absolute atomic E-state index is 4.07. The number of hydrogen-bond acceptors (Lipinski definition) is 3. The van der Waals surface area contributed by atoms with Crippen molar-refractivity contribution in [3.63, 3.8) is 0 Å². The highest BCUT2D eigenvalue weighted by Crippen LogP contribution is 2.05. The molecule has 0 spiro atoms. The third-order valence-electron chi connectivity index (χ3n) is 1.32. The van der Waals surface area contributed by atoms with Gasteiger partial charge in [0, 0.05) is 23.5 Å². The third kappa shape index (κ3) is 1.46. The predicted molar refractivity (Wildman–Crippen MR) is 42.3 cm³/mol. The second-order valence-electron chi connectivity index (χ2n) is 2.12. The molecule has 0 amide bonds. The molecule has 11 heavy (non-hydrogen) atoms. The van der Waals surface area contributed by atoms with Crippen LogP contribution >= 0.6 is 11.3 Å². The van der Waals surface area contributed by atoms with Crippen molar-refractivity contribution in [2.75, 3.05) is 0 Å². The molecule has 2 aromatic rings. The molecule has 0 aliphatic rings. The lowest BCUT2D eigenvalue weighted by Gasteiger charge is -1.94. The van der Waals surface area contributed by atoms with E-state index in [2.05, 4.69) is 15.6 Å². The van der Waals surface area contributed by atoms with Gasteiger partial charge in [-0.25, -0.2) is 4.98 Å². The van der Waals surface area contributed by atoms with Crippen molar-refractivity contribution in [3.05, 3.63) is 35.0 Å². The molecule has 0 N–H and O–H groups in total. The zero-order valence-corrected chi connectivity index (χ0v) is 6.58. The smallest absolute Gasteiger partial charge is 0.152 e. The quantitative estimate of drug-likeness (QED) is 0.667. The van der Waals surface area contributed by atoms with Gasteiger partial charge in [0.05, 0.1) is 6.54 Å². The molecule has 0 unspecified atom stereocenters. The summed E-state index contributed by atoms with van der Waals surface area (Å²) < 4.78 is 1.86. The zero-order valence-electron chi connectivity index (χ0n) is 5.77. The van der Waals surface area contributed by atoms with Crippen LogP contribution in [-0.2, 0) is 6.54 Å². The van der Waals surface area contributed by atoms with Crippen molar-refractivity contribution in [2.24, 2.45) is 0 Å². The second-order valence-corrected chi connectivity index (χ2v) is 3.03. The number of aromatic nitrogens is 3. The molecule has 0 aliphatic carbocycles. The molecule has 4 heteroatoms. The largest absolute Gasteiger partial charge is 0.267 e. The summed E-state index contributed by atoms with van der Waals surface area (Å²) in [4.78, 5) is 5.03. The zero-order chi connectivity index (χ0) is 7.52. The van der Waals surface area contributed by atoms with Gasteiger partial charge in [0.25, 0.3) is 0 Å². The fourth-order valence-electron chi connectivity index (χ4n) is 0.836. The van der Waals surface area contributed by atoms with Gasteiger partial charge in [0.2, 0.25) is 0 Å². The van der Waals surface area contributed by atoms with Crippen molar-refractivity contribution in [1.29, 1.82) is 0 Å². The van der Waals surface area contributed by atoms with E-state index in [0.29, 0.717) is 0 Å². The predicted octanol–water partition coefficient (Wildman–Crippen LogP) is 1.19. The lowest BCUT2D eigenvalue weighted by atomic mass is 10.5. The van der Waals surface area contributed by atoms with E-state index in [1.54, 1.807) is 6.20 Å². The Hall–Kier alpha value is -1.16. The van der Waals surface area contributed by atoms with Crippen LogP contribution in [0.15, 0.2) is 24.7 Å². The van der Waals surface area contributed by atoms with Crippen molar-refractivity contribution in [2.45, 2.75) is 6.54 Å². The molecule has 2 rings (SSSR count). The van der Waals surface area contributed by atoms with E-state index in [4.69, 9.17) is 0 Å². The Morgan fingerprint density at radius 3 is 3.27 bits per heavy atom. The first-order valence-electron chi connectivity index (χ1n) is 3.23. The average Bonchev–Trinajstić information content (AvgIpc) is 2.60. The van der Waals surface area contributed by atoms with Gasteiger partial charge in [0.15, 0.2) is 5.51 Å². The molecule has 0 aromatic carbocycles. The lowest BCUT2D eigenvalue weighted by Crippen LogP contribution is -1.96. The van der Waals surface area contributed by atoms with E-state index in [9.17, 15) is 0 Å². The molecule has 0 atom stereocenters. The average molecular weight is 164 g/mol. The van der Waals surface area contributed by atoms with Crippen LogP contribution in [0.3, 0.4) is 0 Å². The van der Waals surface area contributed by atoms with E-state index >= 15 is 0 Å². The van der Waals surface area contributed by atoms with E-state index < -0.39 is 0 Å². The Balaban J connectivity index is 2.14. The molecule has 2 aromatic heterocycles. The second kappa shape index (κ2) is 2.84. The number of thiazole rings is 1. The van der Waals surface area contributed by atoms with Crippen LogP contribution in [0.4, 0.5) is 0 Å². The van der Waals surface area contributed by atoms with Crippen LogP contribution in [0.25, 0.3) is 0 Å². The normalized spacial score (nSPS) is 10.2. The summed E-state index contributed by atoms with van der Waals surface area (Å²) in [6, 6.07) is 1.91. The number of rotatable bonds is 2. The van der Waals surface area contributed by atoms with Crippen molar-refractivity contribution >= 4 is 11.3 Å². The molecule has 0 saturated heterocycles. The Morgan fingerprint density at radius 2 is 2.64 bits per heavy atom. The highest BCUT2D eigenvalue weighted by Gasteiger charge is 1.94. The molecule has 55 valence electrons. The van der Waals surface area contributed by atoms with E-state index in [1.807, 2.05) is 23.1 Å². The van der Waals surface area contributed by atoms with Crippen LogP contribution in [-0.4, -0.2) is 14.8 Å². The molecular weight excluding hydrogens is 158 g/mol. The highest BCUT2D eigenvalue weighted by molar-refractivity contribution is 7.09. The first-order chi connectivity index (χ1) is 5.45. The number of nitrogens with zero attached hydrogens (tertiary/aromatic N) is 3. The minimum Gasteiger partial charge on any atom is -0.267 e. The first kappa shape index (κ1) is 6.54. The SMILES string of the molecule is [c]1ncc(Cn2cccn2)s1. The Morgan fingerprint density at radius 1 is 1.64 bits per heavy atom.